The van der Waals surface area contributed by atoms with Crippen LogP contribution in [0, 0.1) is 0 Å². The summed E-state index contributed by atoms with van der Waals surface area (Å²) in [5.41, 5.74) is 2.42. The molecule has 0 aliphatic carbocycles. The topological polar surface area (TPSA) is 61.8 Å². The van der Waals surface area contributed by atoms with Crippen LogP contribution in [0.3, 0.4) is 0 Å². The number of hydrogen-bond donors (Lipinski definition) is 0. The number of fused-ring (bicyclic) bond motifs is 1. The molecule has 0 N–H and O–H groups in total. The summed E-state index contributed by atoms with van der Waals surface area (Å²) < 4.78 is 16.2. The Bertz CT molecular complexity index is 682. The van der Waals surface area contributed by atoms with Crippen LogP contribution in [0.4, 0.5) is 0 Å². The summed E-state index contributed by atoms with van der Waals surface area (Å²) in [6.45, 7) is 8.28. The lowest BCUT2D eigenvalue weighted by molar-refractivity contribution is -0.148. The summed E-state index contributed by atoms with van der Waals surface area (Å²) in [4.78, 5) is 23.8. The fourth-order valence-corrected chi connectivity index (χ4v) is 2.94. The van der Waals surface area contributed by atoms with Crippen LogP contribution in [0.1, 0.15) is 58.1 Å². The molecule has 0 saturated heterocycles. The zero-order valence-corrected chi connectivity index (χ0v) is 16.1. The standard InChI is InChI=1S/C21H28O5/c1-5-24-18(22)11-7-9-15-8-6-10-17-20(15)16(12-13-25-17)14-19(23)26-21(2,3)4/h6,8,10,14H,5,7,9,11-13H2,1-4H3/b16-14+. The third kappa shape index (κ3) is 5.90. The number of hydrogen-bond acceptors (Lipinski definition) is 5. The van der Waals surface area contributed by atoms with Crippen molar-refractivity contribution >= 4 is 17.5 Å². The van der Waals surface area contributed by atoms with E-state index in [4.69, 9.17) is 14.2 Å². The van der Waals surface area contributed by atoms with Gasteiger partial charge in [-0.25, -0.2) is 4.79 Å². The summed E-state index contributed by atoms with van der Waals surface area (Å²) in [5, 5.41) is 0. The second-order valence-electron chi connectivity index (χ2n) is 7.25. The number of aryl methyl sites for hydroxylation is 1. The first-order chi connectivity index (χ1) is 12.3. The van der Waals surface area contributed by atoms with Gasteiger partial charge in [0, 0.05) is 24.5 Å². The third-order valence-corrected chi connectivity index (χ3v) is 3.89. The Morgan fingerprint density at radius 1 is 1.27 bits per heavy atom. The van der Waals surface area contributed by atoms with Gasteiger partial charge in [-0.1, -0.05) is 12.1 Å². The Morgan fingerprint density at radius 3 is 2.73 bits per heavy atom. The number of rotatable bonds is 6. The van der Waals surface area contributed by atoms with E-state index in [1.165, 1.54) is 0 Å². The molecule has 26 heavy (non-hydrogen) atoms. The van der Waals surface area contributed by atoms with Crippen LogP contribution < -0.4 is 4.74 Å². The Kier molecular flexibility index (Phi) is 6.83. The number of esters is 2. The molecule has 1 aliphatic heterocycles. The van der Waals surface area contributed by atoms with E-state index in [0.717, 1.165) is 28.9 Å². The quantitative estimate of drug-likeness (QED) is 0.565. The molecule has 0 unspecified atom stereocenters. The molecule has 1 heterocycles. The van der Waals surface area contributed by atoms with E-state index in [-0.39, 0.29) is 11.9 Å². The molecule has 0 fully saturated rings. The van der Waals surface area contributed by atoms with Gasteiger partial charge < -0.3 is 14.2 Å². The van der Waals surface area contributed by atoms with E-state index in [1.54, 1.807) is 13.0 Å². The molecule has 0 bridgehead atoms. The zero-order valence-electron chi connectivity index (χ0n) is 16.1. The van der Waals surface area contributed by atoms with E-state index in [9.17, 15) is 9.59 Å². The van der Waals surface area contributed by atoms with Crippen molar-refractivity contribution < 1.29 is 23.8 Å². The van der Waals surface area contributed by atoms with Crippen LogP contribution in [-0.4, -0.2) is 30.8 Å². The van der Waals surface area contributed by atoms with E-state index in [0.29, 0.717) is 32.5 Å². The number of carbonyl (C=O) groups excluding carboxylic acids is 2. The summed E-state index contributed by atoms with van der Waals surface area (Å²) in [6.07, 6.45) is 4.01. The van der Waals surface area contributed by atoms with Gasteiger partial charge in [-0.15, -0.1) is 0 Å². The van der Waals surface area contributed by atoms with Crippen molar-refractivity contribution in [2.24, 2.45) is 0 Å². The van der Waals surface area contributed by atoms with Gasteiger partial charge in [0.2, 0.25) is 0 Å². The van der Waals surface area contributed by atoms with Crippen LogP contribution in [0.2, 0.25) is 0 Å². The Labute approximate surface area is 155 Å². The maximum absolute atomic E-state index is 12.2. The summed E-state index contributed by atoms with van der Waals surface area (Å²) in [7, 11) is 0. The Morgan fingerprint density at radius 2 is 2.04 bits per heavy atom. The molecular weight excluding hydrogens is 332 g/mol. The first kappa shape index (κ1) is 20.0. The minimum absolute atomic E-state index is 0.182. The molecule has 5 nitrogen and oxygen atoms in total. The van der Waals surface area contributed by atoms with Crippen LogP contribution in [0.25, 0.3) is 5.57 Å². The lowest BCUT2D eigenvalue weighted by Gasteiger charge is -2.24. The maximum atomic E-state index is 12.2. The van der Waals surface area contributed by atoms with Crippen LogP contribution >= 0.6 is 0 Å². The van der Waals surface area contributed by atoms with Crippen LogP contribution in [0.15, 0.2) is 24.3 Å². The van der Waals surface area contributed by atoms with Gasteiger partial charge in [-0.3, -0.25) is 4.79 Å². The van der Waals surface area contributed by atoms with E-state index in [1.807, 2.05) is 39.0 Å². The highest BCUT2D eigenvalue weighted by atomic mass is 16.6. The molecule has 142 valence electrons. The summed E-state index contributed by atoms with van der Waals surface area (Å²) >= 11 is 0. The number of benzene rings is 1. The van der Waals surface area contributed by atoms with Crippen molar-refractivity contribution in [3.05, 3.63) is 35.4 Å². The molecule has 0 atom stereocenters. The van der Waals surface area contributed by atoms with Crippen LogP contribution in [0.5, 0.6) is 5.75 Å². The first-order valence-electron chi connectivity index (χ1n) is 9.14. The van der Waals surface area contributed by atoms with Crippen molar-refractivity contribution in [3.63, 3.8) is 0 Å². The molecule has 0 radical (unpaired) electrons. The average molecular weight is 360 g/mol. The Hall–Kier alpha value is -2.30. The molecule has 0 amide bonds. The predicted octanol–water partition coefficient (Wildman–Crippen LogP) is 4.08. The molecule has 0 aromatic heterocycles. The number of carbonyl (C=O) groups is 2. The molecular formula is C21H28O5. The average Bonchev–Trinajstić information content (AvgIpc) is 2.53. The highest BCUT2D eigenvalue weighted by molar-refractivity contribution is 5.93. The Balaban J connectivity index is 2.18. The zero-order chi connectivity index (χ0) is 19.2. The summed E-state index contributed by atoms with van der Waals surface area (Å²) in [6, 6.07) is 5.86. The lowest BCUT2D eigenvalue weighted by atomic mass is 9.91. The summed E-state index contributed by atoms with van der Waals surface area (Å²) in [5.74, 6) is 0.249. The van der Waals surface area contributed by atoms with Crippen LogP contribution in [-0.2, 0) is 25.5 Å². The molecule has 2 rings (SSSR count). The minimum Gasteiger partial charge on any atom is -0.493 e. The van der Waals surface area contributed by atoms with Crippen molar-refractivity contribution in [2.45, 2.75) is 59.0 Å². The van der Waals surface area contributed by atoms with Crippen molar-refractivity contribution in [1.82, 2.24) is 0 Å². The van der Waals surface area contributed by atoms with Crippen molar-refractivity contribution in [3.8, 4) is 5.75 Å². The fourth-order valence-electron chi connectivity index (χ4n) is 2.94. The lowest BCUT2D eigenvalue weighted by Crippen LogP contribution is -2.23. The van der Waals surface area contributed by atoms with Gasteiger partial charge in [-0.2, -0.15) is 0 Å². The van der Waals surface area contributed by atoms with Gasteiger partial charge in [-0.05, 0) is 57.7 Å². The minimum atomic E-state index is -0.526. The number of ether oxygens (including phenoxy) is 3. The second kappa shape index (κ2) is 8.88. The normalized spacial score (nSPS) is 15.2. The molecule has 1 aromatic carbocycles. The van der Waals surface area contributed by atoms with E-state index >= 15 is 0 Å². The first-order valence-corrected chi connectivity index (χ1v) is 9.14. The second-order valence-corrected chi connectivity index (χ2v) is 7.25. The van der Waals surface area contributed by atoms with Crippen molar-refractivity contribution in [1.29, 1.82) is 0 Å². The highest BCUT2D eigenvalue weighted by Crippen LogP contribution is 2.36. The fraction of sp³-hybridized carbons (Fsp3) is 0.524. The maximum Gasteiger partial charge on any atom is 0.331 e. The van der Waals surface area contributed by atoms with Gasteiger partial charge >= 0.3 is 11.9 Å². The molecule has 5 heteroatoms. The van der Waals surface area contributed by atoms with Crippen molar-refractivity contribution in [2.75, 3.05) is 13.2 Å². The monoisotopic (exact) mass is 360 g/mol. The molecule has 1 aliphatic rings. The smallest absolute Gasteiger partial charge is 0.331 e. The highest BCUT2D eigenvalue weighted by Gasteiger charge is 2.22. The SMILES string of the molecule is CCOC(=O)CCCc1cccc2c1/C(=C/C(=O)OC(C)(C)C)CCO2. The molecule has 0 saturated carbocycles. The van der Waals surface area contributed by atoms with Gasteiger partial charge in [0.05, 0.1) is 13.2 Å². The van der Waals surface area contributed by atoms with Gasteiger partial charge in [0.1, 0.15) is 11.4 Å². The van der Waals surface area contributed by atoms with E-state index in [2.05, 4.69) is 0 Å². The van der Waals surface area contributed by atoms with Gasteiger partial charge in [0.25, 0.3) is 0 Å². The molecule has 0 spiro atoms. The third-order valence-electron chi connectivity index (χ3n) is 3.89. The predicted molar refractivity (Wildman–Crippen MR) is 99.9 cm³/mol. The largest absolute Gasteiger partial charge is 0.493 e. The molecule has 1 aromatic rings. The van der Waals surface area contributed by atoms with Gasteiger partial charge in [0.15, 0.2) is 0 Å². The van der Waals surface area contributed by atoms with E-state index < -0.39 is 5.60 Å².